The van der Waals surface area contributed by atoms with Gasteiger partial charge in [-0.25, -0.2) is 0 Å². The molecule has 0 amide bonds. The van der Waals surface area contributed by atoms with E-state index in [1.54, 1.807) is 14.2 Å². The average molecular weight is 246 g/mol. The lowest BCUT2D eigenvalue weighted by Gasteiger charge is -2.42. The normalized spacial score (nSPS) is 16.2. The molecule has 0 aliphatic heterocycles. The van der Waals surface area contributed by atoms with Gasteiger partial charge < -0.3 is 15.2 Å². The smallest absolute Gasteiger partial charge is 0.0589 e. The molecule has 2 unspecified atom stereocenters. The van der Waals surface area contributed by atoms with Gasteiger partial charge in [-0.15, -0.1) is 0 Å². The maximum atomic E-state index is 6.14. The molecule has 0 aliphatic carbocycles. The third-order valence-corrected chi connectivity index (χ3v) is 2.94. The quantitative estimate of drug-likeness (QED) is 0.702. The molecule has 0 aromatic heterocycles. The Morgan fingerprint density at radius 2 is 1.47 bits per heavy atom. The Hall–Kier alpha value is -0.160. The van der Waals surface area contributed by atoms with Gasteiger partial charge in [0, 0.05) is 39.4 Å². The zero-order valence-electron chi connectivity index (χ0n) is 12.3. The predicted molar refractivity (Wildman–Crippen MR) is 72.2 cm³/mol. The van der Waals surface area contributed by atoms with Gasteiger partial charge in [0.1, 0.15) is 0 Å². The van der Waals surface area contributed by atoms with Crippen molar-refractivity contribution in [1.29, 1.82) is 0 Å². The first-order valence-electron chi connectivity index (χ1n) is 6.32. The molecule has 104 valence electrons. The monoisotopic (exact) mass is 246 g/mol. The molecule has 2 atom stereocenters. The lowest BCUT2D eigenvalue weighted by atomic mass is 9.82. The van der Waals surface area contributed by atoms with E-state index in [1.807, 2.05) is 0 Å². The van der Waals surface area contributed by atoms with Crippen molar-refractivity contribution in [2.45, 2.75) is 39.8 Å². The van der Waals surface area contributed by atoms with Crippen LogP contribution in [0.2, 0.25) is 0 Å². The predicted octanol–water partition coefficient (Wildman–Crippen LogP) is 1.34. The third-order valence-electron chi connectivity index (χ3n) is 2.94. The molecule has 0 heterocycles. The molecule has 2 N–H and O–H groups in total. The molecule has 4 nitrogen and oxygen atoms in total. The van der Waals surface area contributed by atoms with Gasteiger partial charge in [-0.05, 0) is 12.3 Å². The van der Waals surface area contributed by atoms with Gasteiger partial charge in [0.05, 0.1) is 13.2 Å². The summed E-state index contributed by atoms with van der Waals surface area (Å²) in [5.41, 5.74) is 6.29. The summed E-state index contributed by atoms with van der Waals surface area (Å²) >= 11 is 0. The van der Waals surface area contributed by atoms with Crippen LogP contribution < -0.4 is 5.73 Å². The first kappa shape index (κ1) is 16.8. The molecule has 0 aromatic rings. The fourth-order valence-electron chi connectivity index (χ4n) is 2.48. The highest BCUT2D eigenvalue weighted by molar-refractivity contribution is 4.89. The number of hydrogen-bond donors (Lipinski definition) is 1. The van der Waals surface area contributed by atoms with Gasteiger partial charge >= 0.3 is 0 Å². The summed E-state index contributed by atoms with van der Waals surface area (Å²) in [6, 6.07) is 0.455. The Morgan fingerprint density at radius 1 is 1.06 bits per heavy atom. The van der Waals surface area contributed by atoms with Crippen LogP contribution >= 0.6 is 0 Å². The van der Waals surface area contributed by atoms with Crippen LogP contribution in [0, 0.1) is 5.41 Å². The number of nitrogens with zero attached hydrogens (tertiary/aromatic N) is 1. The Labute approximate surface area is 106 Å². The van der Waals surface area contributed by atoms with Crippen LogP contribution in [-0.2, 0) is 9.47 Å². The van der Waals surface area contributed by atoms with Crippen molar-refractivity contribution in [2.24, 2.45) is 11.1 Å². The summed E-state index contributed by atoms with van der Waals surface area (Å²) in [4.78, 5) is 2.37. The van der Waals surface area contributed by atoms with E-state index in [0.717, 1.165) is 26.3 Å². The Kier molecular flexibility index (Phi) is 7.96. The van der Waals surface area contributed by atoms with E-state index in [9.17, 15) is 0 Å². The second-order valence-corrected chi connectivity index (χ2v) is 5.69. The van der Waals surface area contributed by atoms with E-state index < -0.39 is 0 Å². The first-order chi connectivity index (χ1) is 7.84. The maximum absolute atomic E-state index is 6.14. The van der Waals surface area contributed by atoms with Gasteiger partial charge in [0.15, 0.2) is 0 Å². The molecule has 4 heteroatoms. The zero-order chi connectivity index (χ0) is 13.5. The van der Waals surface area contributed by atoms with Gasteiger partial charge in [0.2, 0.25) is 0 Å². The van der Waals surface area contributed by atoms with E-state index in [0.29, 0.717) is 6.04 Å². The zero-order valence-corrected chi connectivity index (χ0v) is 12.3. The lowest BCUT2D eigenvalue weighted by Crippen LogP contribution is -2.55. The average Bonchev–Trinajstić information content (AvgIpc) is 2.19. The van der Waals surface area contributed by atoms with Gasteiger partial charge in [-0.1, -0.05) is 20.8 Å². The second-order valence-electron chi connectivity index (χ2n) is 5.69. The van der Waals surface area contributed by atoms with Crippen LogP contribution in [0.3, 0.4) is 0 Å². The minimum Gasteiger partial charge on any atom is -0.383 e. The highest BCUT2D eigenvalue weighted by Crippen LogP contribution is 2.26. The molecule has 0 rings (SSSR count). The van der Waals surface area contributed by atoms with Crippen molar-refractivity contribution in [3.8, 4) is 0 Å². The van der Waals surface area contributed by atoms with Crippen LogP contribution in [0.4, 0.5) is 0 Å². The highest BCUT2D eigenvalue weighted by Gasteiger charge is 2.32. The Morgan fingerprint density at radius 3 is 1.71 bits per heavy atom. The van der Waals surface area contributed by atoms with Crippen LogP contribution in [0.1, 0.15) is 27.7 Å². The number of nitrogens with two attached hydrogens (primary N) is 1. The molecular weight excluding hydrogens is 216 g/mol. The minimum absolute atomic E-state index is 0.128. The van der Waals surface area contributed by atoms with Crippen molar-refractivity contribution >= 4 is 0 Å². The van der Waals surface area contributed by atoms with E-state index in [-0.39, 0.29) is 11.5 Å². The molecule has 0 radical (unpaired) electrons. The van der Waals surface area contributed by atoms with Crippen LogP contribution in [-0.4, -0.2) is 57.5 Å². The number of ether oxygens (including phenoxy) is 2. The minimum atomic E-state index is 0.128. The first-order valence-corrected chi connectivity index (χ1v) is 6.32. The van der Waals surface area contributed by atoms with Crippen molar-refractivity contribution in [3.05, 3.63) is 0 Å². The Bertz CT molecular complexity index is 182. The van der Waals surface area contributed by atoms with E-state index >= 15 is 0 Å². The van der Waals surface area contributed by atoms with Crippen LogP contribution in [0.25, 0.3) is 0 Å². The highest BCUT2D eigenvalue weighted by atomic mass is 16.5. The summed E-state index contributed by atoms with van der Waals surface area (Å²) < 4.78 is 10.3. The molecule has 0 spiro atoms. The van der Waals surface area contributed by atoms with E-state index in [2.05, 4.69) is 32.6 Å². The SMILES string of the molecule is COCCN(CCOC)C(C(C)N)C(C)(C)C. The summed E-state index contributed by atoms with van der Waals surface area (Å²) in [5, 5.41) is 0. The molecule has 0 aliphatic rings. The molecule has 0 aromatic carbocycles. The molecule has 0 saturated carbocycles. The van der Waals surface area contributed by atoms with Crippen LogP contribution in [0.5, 0.6) is 0 Å². The number of methoxy groups -OCH3 is 2. The van der Waals surface area contributed by atoms with Crippen molar-refractivity contribution in [3.63, 3.8) is 0 Å². The number of hydrogen-bond acceptors (Lipinski definition) is 4. The van der Waals surface area contributed by atoms with Gasteiger partial charge in [-0.3, -0.25) is 4.90 Å². The van der Waals surface area contributed by atoms with E-state index in [4.69, 9.17) is 15.2 Å². The number of rotatable bonds is 8. The lowest BCUT2D eigenvalue weighted by molar-refractivity contribution is 0.0356. The second kappa shape index (κ2) is 8.03. The van der Waals surface area contributed by atoms with Crippen LogP contribution in [0.15, 0.2) is 0 Å². The van der Waals surface area contributed by atoms with Crippen molar-refractivity contribution in [2.75, 3.05) is 40.5 Å². The standard InChI is InChI=1S/C13H30N2O2/c1-11(14)12(13(2,3)4)15(7-9-16-5)8-10-17-6/h11-12H,7-10,14H2,1-6H3. The summed E-state index contributed by atoms with van der Waals surface area (Å²) in [7, 11) is 3.46. The Balaban J connectivity index is 4.67. The largest absolute Gasteiger partial charge is 0.383 e. The molecule has 0 fully saturated rings. The maximum Gasteiger partial charge on any atom is 0.0589 e. The van der Waals surface area contributed by atoms with E-state index in [1.165, 1.54) is 0 Å². The molecule has 17 heavy (non-hydrogen) atoms. The van der Waals surface area contributed by atoms with Crippen molar-refractivity contribution < 1.29 is 9.47 Å². The third kappa shape index (κ3) is 6.36. The molecule has 0 saturated heterocycles. The van der Waals surface area contributed by atoms with Crippen molar-refractivity contribution in [1.82, 2.24) is 4.90 Å². The molecule has 0 bridgehead atoms. The summed E-state index contributed by atoms with van der Waals surface area (Å²) in [6.07, 6.45) is 0. The fourth-order valence-corrected chi connectivity index (χ4v) is 2.48. The van der Waals surface area contributed by atoms with Gasteiger partial charge in [-0.2, -0.15) is 0 Å². The topological polar surface area (TPSA) is 47.7 Å². The molecular formula is C13H30N2O2. The fraction of sp³-hybridized carbons (Fsp3) is 1.00. The summed E-state index contributed by atoms with van der Waals surface area (Å²) in [6.45, 7) is 12.0. The summed E-state index contributed by atoms with van der Waals surface area (Å²) in [5.74, 6) is 0. The van der Waals surface area contributed by atoms with Gasteiger partial charge in [0.25, 0.3) is 0 Å².